The van der Waals surface area contributed by atoms with Gasteiger partial charge in [-0.1, -0.05) is 132 Å². The molecule has 1 unspecified atom stereocenters. The Labute approximate surface area is 274 Å². The van der Waals surface area contributed by atoms with E-state index in [0.29, 0.717) is 5.92 Å². The lowest BCUT2D eigenvalue weighted by Gasteiger charge is -2.24. The summed E-state index contributed by atoms with van der Waals surface area (Å²) < 4.78 is 0. The Hall–Kier alpha value is -5.47. The third-order valence-corrected chi connectivity index (χ3v) is 8.40. The first-order chi connectivity index (χ1) is 22.6. The number of allylic oxidation sites excluding steroid dienone is 4. The minimum absolute atomic E-state index is 0.445. The van der Waals surface area contributed by atoms with E-state index in [0.717, 1.165) is 6.42 Å². The molecule has 1 aromatic heterocycles. The minimum atomic E-state index is 0.445. The van der Waals surface area contributed by atoms with Gasteiger partial charge < -0.3 is 4.90 Å². The van der Waals surface area contributed by atoms with Gasteiger partial charge >= 0.3 is 0 Å². The molecule has 0 spiro atoms. The lowest BCUT2D eigenvalue weighted by atomic mass is 9.90. The van der Waals surface area contributed by atoms with Crippen molar-refractivity contribution in [2.45, 2.75) is 33.1 Å². The van der Waals surface area contributed by atoms with Gasteiger partial charge in [0.1, 0.15) is 0 Å². The van der Waals surface area contributed by atoms with Crippen LogP contribution in [0.25, 0.3) is 22.3 Å². The lowest BCUT2D eigenvalue weighted by molar-refractivity contribution is 0.820. The first-order valence-corrected chi connectivity index (χ1v) is 16.0. The van der Waals surface area contributed by atoms with Crippen molar-refractivity contribution >= 4 is 11.4 Å². The zero-order valence-electron chi connectivity index (χ0n) is 26.8. The van der Waals surface area contributed by atoms with Crippen LogP contribution in [-0.4, -0.2) is 4.98 Å². The average molecular weight is 597 g/mol. The van der Waals surface area contributed by atoms with Gasteiger partial charge in [-0.3, -0.25) is 4.98 Å². The molecule has 0 radical (unpaired) electrons. The Morgan fingerprint density at radius 3 is 1.74 bits per heavy atom. The van der Waals surface area contributed by atoms with E-state index in [1.165, 1.54) is 61.6 Å². The lowest BCUT2D eigenvalue weighted by Crippen LogP contribution is -2.14. The summed E-state index contributed by atoms with van der Waals surface area (Å²) in [7, 11) is 0. The second-order valence-corrected chi connectivity index (χ2v) is 11.9. The van der Waals surface area contributed by atoms with Gasteiger partial charge in [0, 0.05) is 35.4 Å². The maximum atomic E-state index is 3.88. The SMILES string of the molecule is Cc1ccc(-c2ccc3c(c2)C2CC=CC=C2N3c2ccccc2)cc1.Cc1ccc(-c2ccccc2)cc1.Cc1cccnc1. The number of hydrogen-bond donors (Lipinski definition) is 0. The van der Waals surface area contributed by atoms with E-state index in [2.05, 4.69) is 163 Å². The summed E-state index contributed by atoms with van der Waals surface area (Å²) in [5.41, 5.74) is 14.3. The van der Waals surface area contributed by atoms with Crippen molar-refractivity contribution in [1.29, 1.82) is 0 Å². The number of aryl methyl sites for hydroxylation is 3. The summed E-state index contributed by atoms with van der Waals surface area (Å²) in [4.78, 5) is 6.30. The summed E-state index contributed by atoms with van der Waals surface area (Å²) in [6.45, 7) is 6.26. The highest BCUT2D eigenvalue weighted by Gasteiger charge is 2.34. The zero-order chi connectivity index (χ0) is 31.7. The number of rotatable bonds is 3. The Bertz CT molecular complexity index is 1900. The van der Waals surface area contributed by atoms with E-state index in [9.17, 15) is 0 Å². The second-order valence-electron chi connectivity index (χ2n) is 11.9. The molecule has 2 heterocycles. The molecule has 8 rings (SSSR count). The second kappa shape index (κ2) is 14.5. The minimum Gasteiger partial charge on any atom is -0.313 e. The number of nitrogens with zero attached hydrogens (tertiary/aromatic N) is 2. The highest BCUT2D eigenvalue weighted by molar-refractivity contribution is 5.82. The normalized spacial score (nSPS) is 14.1. The van der Waals surface area contributed by atoms with Gasteiger partial charge in [0.05, 0.1) is 0 Å². The zero-order valence-corrected chi connectivity index (χ0v) is 26.8. The molecule has 0 bridgehead atoms. The van der Waals surface area contributed by atoms with Crippen LogP contribution in [-0.2, 0) is 0 Å². The van der Waals surface area contributed by atoms with Crippen LogP contribution < -0.4 is 4.90 Å². The first-order valence-electron chi connectivity index (χ1n) is 16.0. The van der Waals surface area contributed by atoms with Crippen LogP contribution in [0.4, 0.5) is 11.4 Å². The molecule has 0 N–H and O–H groups in total. The maximum absolute atomic E-state index is 3.88. The highest BCUT2D eigenvalue weighted by atomic mass is 15.2. The Balaban J connectivity index is 0.000000153. The predicted octanol–water partition coefficient (Wildman–Crippen LogP) is 11.8. The number of hydrogen-bond acceptors (Lipinski definition) is 2. The number of aromatic nitrogens is 1. The van der Waals surface area contributed by atoms with E-state index < -0.39 is 0 Å². The van der Waals surface area contributed by atoms with Gasteiger partial charge in [-0.2, -0.15) is 0 Å². The van der Waals surface area contributed by atoms with Crippen LogP contribution in [0, 0.1) is 20.8 Å². The van der Waals surface area contributed by atoms with Crippen LogP contribution in [0.2, 0.25) is 0 Å². The molecule has 2 heteroatoms. The topological polar surface area (TPSA) is 16.1 Å². The fraction of sp³-hybridized carbons (Fsp3) is 0.114. The van der Waals surface area contributed by atoms with Crippen molar-refractivity contribution < 1.29 is 0 Å². The van der Waals surface area contributed by atoms with Crippen molar-refractivity contribution in [2.24, 2.45) is 0 Å². The Morgan fingerprint density at radius 2 is 1.15 bits per heavy atom. The Morgan fingerprint density at radius 1 is 0.565 bits per heavy atom. The molecule has 1 aliphatic carbocycles. The highest BCUT2D eigenvalue weighted by Crippen LogP contribution is 2.51. The first kappa shape index (κ1) is 30.6. The fourth-order valence-electron chi connectivity index (χ4n) is 5.93. The van der Waals surface area contributed by atoms with E-state index in [1.807, 2.05) is 31.3 Å². The third kappa shape index (κ3) is 7.25. The van der Waals surface area contributed by atoms with Gasteiger partial charge in [0.25, 0.3) is 0 Å². The summed E-state index contributed by atoms with van der Waals surface area (Å²) in [5.74, 6) is 0.445. The molecule has 0 fully saturated rings. The van der Waals surface area contributed by atoms with Crippen LogP contribution in [0.5, 0.6) is 0 Å². The molecule has 1 aliphatic heterocycles. The maximum Gasteiger partial charge on any atom is 0.0497 e. The summed E-state index contributed by atoms with van der Waals surface area (Å²) in [5, 5.41) is 0. The van der Waals surface area contributed by atoms with Gasteiger partial charge in [-0.25, -0.2) is 0 Å². The van der Waals surface area contributed by atoms with Gasteiger partial charge in [0.2, 0.25) is 0 Å². The monoisotopic (exact) mass is 596 g/mol. The fourth-order valence-corrected chi connectivity index (χ4v) is 5.93. The van der Waals surface area contributed by atoms with Gasteiger partial charge in [-0.05, 0) is 97.0 Å². The van der Waals surface area contributed by atoms with Gasteiger partial charge in [-0.15, -0.1) is 0 Å². The summed E-state index contributed by atoms with van der Waals surface area (Å²) in [6.07, 6.45) is 11.4. The van der Waals surface area contributed by atoms with Crippen molar-refractivity contribution in [1.82, 2.24) is 4.98 Å². The standard InChI is InChI=1S/C25H21N.C13H12.C6H7N/c1-18-11-13-19(14-12-18)20-15-16-25-23(17-20)22-9-5-6-10-24(22)26(25)21-7-3-2-4-8-21;1-11-7-9-13(10-8-11)12-5-3-2-4-6-12;1-6-3-2-4-7-5-6/h2-8,10-17,22H,9H2,1H3;2-10H,1H3;2-5H,1H3. The Kier molecular flexibility index (Phi) is 9.66. The predicted molar refractivity (Wildman–Crippen MR) is 195 cm³/mol. The number of anilines is 2. The molecule has 0 saturated heterocycles. The molecule has 6 aromatic rings. The summed E-state index contributed by atoms with van der Waals surface area (Å²) >= 11 is 0. The number of benzene rings is 5. The molecular formula is C44H40N2. The number of fused-ring (bicyclic) bond motifs is 3. The van der Waals surface area contributed by atoms with Crippen molar-refractivity contribution in [3.8, 4) is 22.3 Å². The molecule has 0 amide bonds. The smallest absolute Gasteiger partial charge is 0.0497 e. The van der Waals surface area contributed by atoms with Gasteiger partial charge in [0.15, 0.2) is 0 Å². The molecule has 5 aromatic carbocycles. The largest absolute Gasteiger partial charge is 0.313 e. The number of para-hydroxylation sites is 1. The molecule has 226 valence electrons. The van der Waals surface area contributed by atoms with Crippen molar-refractivity contribution in [2.75, 3.05) is 4.90 Å². The molecule has 1 atom stereocenters. The molecule has 46 heavy (non-hydrogen) atoms. The number of pyridine rings is 1. The molecular weight excluding hydrogens is 556 g/mol. The molecule has 2 aliphatic rings. The average Bonchev–Trinajstić information content (AvgIpc) is 3.44. The van der Waals surface area contributed by atoms with Crippen LogP contribution >= 0.6 is 0 Å². The van der Waals surface area contributed by atoms with E-state index in [1.54, 1.807) is 6.20 Å². The third-order valence-electron chi connectivity index (χ3n) is 8.40. The van der Waals surface area contributed by atoms with Crippen LogP contribution in [0.1, 0.15) is 34.6 Å². The molecule has 2 nitrogen and oxygen atoms in total. The summed E-state index contributed by atoms with van der Waals surface area (Å²) in [6, 6.07) is 49.4. The van der Waals surface area contributed by atoms with E-state index in [-0.39, 0.29) is 0 Å². The van der Waals surface area contributed by atoms with Crippen LogP contribution in [0.3, 0.4) is 0 Å². The molecule has 0 saturated carbocycles. The quantitative estimate of drug-likeness (QED) is 0.202. The van der Waals surface area contributed by atoms with Crippen LogP contribution in [0.15, 0.2) is 176 Å². The van der Waals surface area contributed by atoms with E-state index >= 15 is 0 Å². The van der Waals surface area contributed by atoms with Crippen molar-refractivity contribution in [3.63, 3.8) is 0 Å². The van der Waals surface area contributed by atoms with Crippen molar-refractivity contribution in [3.05, 3.63) is 198 Å². The van der Waals surface area contributed by atoms with E-state index in [4.69, 9.17) is 0 Å².